The van der Waals surface area contributed by atoms with E-state index < -0.39 is 5.91 Å². The van der Waals surface area contributed by atoms with Crippen LogP contribution < -0.4 is 30.7 Å². The molecule has 10 nitrogen and oxygen atoms in total. The van der Waals surface area contributed by atoms with Crippen LogP contribution in [0.3, 0.4) is 0 Å². The number of carbonyl (C=O) groups excluding carboxylic acids is 2. The Balaban J connectivity index is 2.26. The number of hydrogen-bond acceptors (Lipinski definition) is 8. The average molecular weight is 511 g/mol. The van der Waals surface area contributed by atoms with Crippen LogP contribution in [0.25, 0.3) is 11.8 Å². The molecule has 0 radical (unpaired) electrons. The Morgan fingerprint density at radius 2 is 2.06 bits per heavy atom. The molecule has 0 fully saturated rings. The molecule has 0 spiro atoms. The molecule has 0 saturated carbocycles. The highest BCUT2D eigenvalue weighted by Gasteiger charge is 2.15. The van der Waals surface area contributed by atoms with Crippen LogP contribution in [0.2, 0.25) is 0 Å². The minimum absolute atomic E-state index is 0.0250. The molecule has 2 amide bonds. The molecule has 2 aromatic rings. The molecule has 36 heavy (non-hydrogen) atoms. The SMILES string of the molecule is C#CCNC(=O)/C(C#N)=c1\s/c(=C/Nc2cccc(NC(=O)CN(CC)CCOC)c2)c(=O)n1CC. The Kier molecular flexibility index (Phi) is 11.4. The number of methoxy groups -OCH3 is 1. The van der Waals surface area contributed by atoms with E-state index in [2.05, 4.69) is 21.9 Å². The van der Waals surface area contributed by atoms with Gasteiger partial charge in [-0.3, -0.25) is 23.9 Å². The first-order chi connectivity index (χ1) is 17.4. The van der Waals surface area contributed by atoms with Gasteiger partial charge in [0.15, 0.2) is 5.57 Å². The molecular formula is C25H30N6O4S. The smallest absolute Gasteiger partial charge is 0.270 e. The number of nitrogens with one attached hydrogen (secondary N) is 3. The summed E-state index contributed by atoms with van der Waals surface area (Å²) >= 11 is 1.03. The van der Waals surface area contributed by atoms with Crippen LogP contribution in [-0.4, -0.2) is 61.2 Å². The summed E-state index contributed by atoms with van der Waals surface area (Å²) in [5, 5.41) is 17.9. The minimum Gasteiger partial charge on any atom is -0.383 e. The van der Waals surface area contributed by atoms with Gasteiger partial charge in [0.1, 0.15) is 15.3 Å². The van der Waals surface area contributed by atoms with Gasteiger partial charge in [-0.05, 0) is 31.7 Å². The van der Waals surface area contributed by atoms with Gasteiger partial charge in [0.2, 0.25) is 5.91 Å². The predicted molar refractivity (Wildman–Crippen MR) is 142 cm³/mol. The van der Waals surface area contributed by atoms with Gasteiger partial charge in [-0.1, -0.05) is 18.9 Å². The number of ether oxygens (including phenoxy) is 1. The Morgan fingerprint density at radius 3 is 2.69 bits per heavy atom. The standard InChI is InChI=1S/C25H30N6O4S/c1-5-11-27-23(33)20(15-26)25-31(7-3)24(34)21(36-25)16-28-18-9-8-10-19(14-18)29-22(32)17-30(6-2)12-13-35-4/h1,8-10,14,16,28H,6-7,11-13,17H2,2-4H3,(H,27,33)(H,29,32)/b21-16+,25-20-. The maximum Gasteiger partial charge on any atom is 0.270 e. The Bertz CT molecular complexity index is 1330. The lowest BCUT2D eigenvalue weighted by molar-refractivity contribution is -0.117. The third-order valence-electron chi connectivity index (χ3n) is 5.07. The molecule has 0 bridgehead atoms. The van der Waals surface area contributed by atoms with Crippen LogP contribution in [0.1, 0.15) is 13.8 Å². The van der Waals surface area contributed by atoms with Gasteiger partial charge in [0, 0.05) is 37.8 Å². The van der Waals surface area contributed by atoms with Crippen molar-refractivity contribution >= 4 is 46.3 Å². The summed E-state index contributed by atoms with van der Waals surface area (Å²) in [6, 6.07) is 8.95. The van der Waals surface area contributed by atoms with Crippen LogP contribution in [0.4, 0.5) is 11.4 Å². The second-order valence-corrected chi connectivity index (χ2v) is 8.50. The molecule has 0 aliphatic carbocycles. The van der Waals surface area contributed by atoms with Crippen molar-refractivity contribution in [3.8, 4) is 18.4 Å². The van der Waals surface area contributed by atoms with Crippen molar-refractivity contribution < 1.29 is 14.3 Å². The van der Waals surface area contributed by atoms with Crippen LogP contribution in [-0.2, 0) is 20.9 Å². The lowest BCUT2D eigenvalue weighted by Crippen LogP contribution is -2.35. The minimum atomic E-state index is -0.634. The third kappa shape index (κ3) is 7.82. The van der Waals surface area contributed by atoms with Gasteiger partial charge in [0.05, 0.1) is 19.7 Å². The summed E-state index contributed by atoms with van der Waals surface area (Å²) in [7, 11) is 1.62. The molecular weight excluding hydrogens is 480 g/mol. The van der Waals surface area contributed by atoms with E-state index in [-0.39, 0.29) is 41.3 Å². The summed E-state index contributed by atoms with van der Waals surface area (Å²) in [5.74, 6) is 1.50. The van der Waals surface area contributed by atoms with Gasteiger partial charge in [-0.2, -0.15) is 5.26 Å². The molecule has 0 atom stereocenters. The van der Waals surface area contributed by atoms with Crippen molar-refractivity contribution in [3.05, 3.63) is 43.8 Å². The fraction of sp³-hybridized carbons (Fsp3) is 0.360. The van der Waals surface area contributed by atoms with E-state index in [1.807, 2.05) is 17.9 Å². The first kappa shape index (κ1) is 28.3. The molecule has 1 aromatic heterocycles. The van der Waals surface area contributed by atoms with Crippen LogP contribution in [0, 0.1) is 23.7 Å². The van der Waals surface area contributed by atoms with E-state index in [9.17, 15) is 19.6 Å². The van der Waals surface area contributed by atoms with Crippen molar-refractivity contribution in [2.45, 2.75) is 20.4 Å². The zero-order chi connectivity index (χ0) is 26.5. The van der Waals surface area contributed by atoms with E-state index in [0.717, 1.165) is 17.9 Å². The molecule has 0 aliphatic rings. The van der Waals surface area contributed by atoms with E-state index in [4.69, 9.17) is 11.2 Å². The number of nitrogens with zero attached hydrogens (tertiary/aromatic N) is 3. The van der Waals surface area contributed by atoms with Crippen molar-refractivity contribution in [1.29, 1.82) is 5.26 Å². The number of anilines is 2. The molecule has 2 rings (SSSR count). The van der Waals surface area contributed by atoms with Crippen molar-refractivity contribution in [1.82, 2.24) is 14.8 Å². The molecule has 0 unspecified atom stereocenters. The van der Waals surface area contributed by atoms with Gasteiger partial charge in [0.25, 0.3) is 11.5 Å². The summed E-state index contributed by atoms with van der Waals surface area (Å²) in [6.45, 7) is 6.16. The highest BCUT2D eigenvalue weighted by molar-refractivity contribution is 7.07. The number of hydrogen-bond donors (Lipinski definition) is 3. The lowest BCUT2D eigenvalue weighted by atomic mass is 10.2. The van der Waals surface area contributed by atoms with Crippen molar-refractivity contribution in [2.75, 3.05) is 50.5 Å². The number of amides is 2. The summed E-state index contributed by atoms with van der Waals surface area (Å²) < 4.78 is 7.01. The highest BCUT2D eigenvalue weighted by Crippen LogP contribution is 2.15. The number of terminal acetylenes is 1. The molecule has 1 heterocycles. The summed E-state index contributed by atoms with van der Waals surface area (Å²) in [6.07, 6.45) is 6.68. The summed E-state index contributed by atoms with van der Waals surface area (Å²) in [5.41, 5.74) is 0.741. The molecule has 0 aliphatic heterocycles. The Hall–Kier alpha value is -3.90. The van der Waals surface area contributed by atoms with E-state index in [1.54, 1.807) is 38.3 Å². The Labute approximate surface area is 213 Å². The van der Waals surface area contributed by atoms with E-state index in [0.29, 0.717) is 29.1 Å². The molecule has 11 heteroatoms. The van der Waals surface area contributed by atoms with Crippen molar-refractivity contribution in [3.63, 3.8) is 0 Å². The number of rotatable bonds is 12. The number of likely N-dealkylation sites (N-methyl/N-ethyl adjacent to an activating group) is 1. The van der Waals surface area contributed by atoms with Crippen molar-refractivity contribution in [2.24, 2.45) is 0 Å². The quantitative estimate of drug-likeness (QED) is 0.346. The maximum absolute atomic E-state index is 12.9. The highest BCUT2D eigenvalue weighted by atomic mass is 32.1. The second-order valence-electron chi connectivity index (χ2n) is 7.47. The largest absolute Gasteiger partial charge is 0.383 e. The normalized spacial score (nSPS) is 12.0. The fourth-order valence-electron chi connectivity index (χ4n) is 3.22. The number of nitriles is 1. The van der Waals surface area contributed by atoms with Crippen LogP contribution in [0.15, 0.2) is 29.1 Å². The Morgan fingerprint density at radius 1 is 1.31 bits per heavy atom. The summed E-state index contributed by atoms with van der Waals surface area (Å²) in [4.78, 5) is 39.6. The number of thiazole rings is 1. The predicted octanol–water partition coefficient (Wildman–Crippen LogP) is 0.110. The number of benzene rings is 1. The number of aromatic nitrogens is 1. The second kappa shape index (κ2) is 14.5. The zero-order valence-electron chi connectivity index (χ0n) is 20.6. The average Bonchev–Trinajstić information content (AvgIpc) is 3.19. The molecule has 190 valence electrons. The lowest BCUT2D eigenvalue weighted by Gasteiger charge is -2.19. The fourth-order valence-corrected chi connectivity index (χ4v) is 4.30. The molecule has 1 aromatic carbocycles. The monoisotopic (exact) mass is 510 g/mol. The van der Waals surface area contributed by atoms with Crippen LogP contribution >= 0.6 is 11.3 Å². The zero-order valence-corrected chi connectivity index (χ0v) is 21.4. The van der Waals surface area contributed by atoms with Gasteiger partial charge < -0.3 is 20.7 Å². The van der Waals surface area contributed by atoms with Gasteiger partial charge in [-0.25, -0.2) is 0 Å². The van der Waals surface area contributed by atoms with E-state index in [1.165, 1.54) is 10.8 Å². The molecule has 3 N–H and O–H groups in total. The van der Waals surface area contributed by atoms with E-state index >= 15 is 0 Å². The van der Waals surface area contributed by atoms with Crippen LogP contribution in [0.5, 0.6) is 0 Å². The topological polar surface area (TPSA) is 128 Å². The maximum atomic E-state index is 12.9. The van der Waals surface area contributed by atoms with Gasteiger partial charge in [-0.15, -0.1) is 17.8 Å². The first-order valence-corrected chi connectivity index (χ1v) is 12.1. The first-order valence-electron chi connectivity index (χ1n) is 11.3. The third-order valence-corrected chi connectivity index (χ3v) is 6.20. The number of carbonyl (C=O) groups is 2. The van der Waals surface area contributed by atoms with Gasteiger partial charge >= 0.3 is 0 Å². The molecule has 0 saturated heterocycles.